The molecule has 0 spiro atoms. The molecule has 0 aliphatic carbocycles. The summed E-state index contributed by atoms with van der Waals surface area (Å²) < 4.78 is 11.9. The summed E-state index contributed by atoms with van der Waals surface area (Å²) >= 11 is 1.45. The van der Waals surface area contributed by atoms with Crippen LogP contribution >= 0.6 is 11.3 Å². The summed E-state index contributed by atoms with van der Waals surface area (Å²) in [6.07, 6.45) is 0. The number of benzene rings is 3. The van der Waals surface area contributed by atoms with Gasteiger partial charge in [-0.3, -0.25) is 14.5 Å². The van der Waals surface area contributed by atoms with E-state index in [4.69, 9.17) is 14.5 Å². The largest absolute Gasteiger partial charge is 1.00 e. The van der Waals surface area contributed by atoms with Crippen molar-refractivity contribution in [3.05, 3.63) is 83.4 Å². The van der Waals surface area contributed by atoms with Crippen LogP contribution in [-0.4, -0.2) is 54.5 Å². The molecule has 1 aliphatic heterocycles. The molecule has 1 amide bonds. The van der Waals surface area contributed by atoms with E-state index >= 15 is 0 Å². The number of aromatic nitrogens is 1. The molecule has 2 heterocycles. The first-order valence-corrected chi connectivity index (χ1v) is 12.8. The van der Waals surface area contributed by atoms with Gasteiger partial charge in [0.05, 0.1) is 10.2 Å². The maximum absolute atomic E-state index is 13.7. The number of fused-ring (bicyclic) bond motifs is 2. The number of carbonyl (C=O) groups is 2. The van der Waals surface area contributed by atoms with Crippen LogP contribution in [0, 0.1) is 0 Å². The monoisotopic (exact) mass is 536 g/mol. The molecule has 3 aromatic carbocycles. The second-order valence-electron chi connectivity index (χ2n) is 8.43. The van der Waals surface area contributed by atoms with Gasteiger partial charge in [-0.15, -0.1) is 0 Å². The number of ketones is 1. The quantitative estimate of drug-likeness (QED) is 0.306. The van der Waals surface area contributed by atoms with Crippen molar-refractivity contribution in [3.8, 4) is 11.5 Å². The van der Waals surface area contributed by atoms with Crippen molar-refractivity contribution in [1.82, 2.24) is 9.88 Å². The number of amides is 1. The van der Waals surface area contributed by atoms with Gasteiger partial charge in [-0.25, -0.2) is 4.98 Å². The van der Waals surface area contributed by atoms with Crippen LogP contribution in [0.2, 0.25) is 0 Å². The zero-order chi connectivity index (χ0) is 25.1. The molecule has 4 aromatic rings. The molecule has 192 valence electrons. The normalized spacial score (nSPS) is 12.0. The molecular formula is C28H27ClN3O4S-. The van der Waals surface area contributed by atoms with Gasteiger partial charge in [-0.1, -0.05) is 67.6 Å². The maximum atomic E-state index is 13.7. The molecule has 0 fully saturated rings. The van der Waals surface area contributed by atoms with Crippen LogP contribution < -0.4 is 26.8 Å². The molecule has 1 aliphatic rings. The highest BCUT2D eigenvalue weighted by Gasteiger charge is 2.24. The third kappa shape index (κ3) is 5.61. The molecule has 0 unspecified atom stereocenters. The number of nitrogens with zero attached hydrogens (tertiary/aromatic N) is 3. The Hall–Kier alpha value is -3.46. The molecule has 0 radical (unpaired) electrons. The molecule has 0 saturated carbocycles. The first kappa shape index (κ1) is 26.6. The van der Waals surface area contributed by atoms with Crippen LogP contribution in [-0.2, 0) is 0 Å². The van der Waals surface area contributed by atoms with Gasteiger partial charge in [0, 0.05) is 41.9 Å². The Balaban J connectivity index is 0.00000320. The van der Waals surface area contributed by atoms with E-state index in [0.29, 0.717) is 39.9 Å². The predicted molar refractivity (Wildman–Crippen MR) is 142 cm³/mol. The van der Waals surface area contributed by atoms with Crippen LogP contribution in [0.1, 0.15) is 40.1 Å². The van der Waals surface area contributed by atoms with Crippen LogP contribution in [0.3, 0.4) is 0 Å². The number of thiazole rings is 1. The highest BCUT2D eigenvalue weighted by atomic mass is 35.5. The topological polar surface area (TPSA) is 72.0 Å². The van der Waals surface area contributed by atoms with Crippen molar-refractivity contribution in [3.63, 3.8) is 0 Å². The third-order valence-electron chi connectivity index (χ3n) is 6.31. The second kappa shape index (κ2) is 11.7. The van der Waals surface area contributed by atoms with Crippen molar-refractivity contribution in [1.29, 1.82) is 0 Å². The van der Waals surface area contributed by atoms with E-state index in [2.05, 4.69) is 18.7 Å². The fraction of sp³-hybridized carbons (Fsp3) is 0.250. The summed E-state index contributed by atoms with van der Waals surface area (Å²) in [4.78, 5) is 35.2. The minimum Gasteiger partial charge on any atom is -1.00 e. The lowest BCUT2D eigenvalue weighted by molar-refractivity contribution is -0.0000234. The summed E-state index contributed by atoms with van der Waals surface area (Å²) in [6.45, 7) is 7.44. The first-order chi connectivity index (χ1) is 17.6. The van der Waals surface area contributed by atoms with Crippen LogP contribution in [0.25, 0.3) is 10.2 Å². The summed E-state index contributed by atoms with van der Waals surface area (Å²) in [5, 5.41) is 0.621. The molecular weight excluding hydrogens is 510 g/mol. The number of hydrogen-bond acceptors (Lipinski definition) is 7. The Bertz CT molecular complexity index is 1350. The number of ether oxygens (including phenoxy) is 2. The Kier molecular flexibility index (Phi) is 8.43. The van der Waals surface area contributed by atoms with Crippen molar-refractivity contribution in [2.45, 2.75) is 13.8 Å². The molecule has 0 bridgehead atoms. The smallest absolute Gasteiger partial charge is 0.260 e. The average molecular weight is 537 g/mol. The maximum Gasteiger partial charge on any atom is 0.260 e. The number of hydrogen-bond donors (Lipinski definition) is 0. The van der Waals surface area contributed by atoms with Gasteiger partial charge in [0.15, 0.2) is 22.4 Å². The van der Waals surface area contributed by atoms with Gasteiger partial charge < -0.3 is 26.8 Å². The van der Waals surface area contributed by atoms with Crippen LogP contribution in [0.5, 0.6) is 11.5 Å². The minimum absolute atomic E-state index is 0. The lowest BCUT2D eigenvalue weighted by Crippen LogP contribution is -3.00. The van der Waals surface area contributed by atoms with E-state index in [9.17, 15) is 9.59 Å². The SMILES string of the molecule is CCN(CC)CCN(C(=O)c1ccc(C(=O)c2ccccc2)cc1)c1nc2cc3c(cc2s1)OCO3.[Cl-]. The molecule has 1 aromatic heterocycles. The van der Waals surface area contributed by atoms with Gasteiger partial charge >= 0.3 is 0 Å². The fourth-order valence-electron chi connectivity index (χ4n) is 4.16. The summed E-state index contributed by atoms with van der Waals surface area (Å²) in [7, 11) is 0. The van der Waals surface area contributed by atoms with Crippen molar-refractivity contribution in [2.75, 3.05) is 37.9 Å². The highest BCUT2D eigenvalue weighted by Crippen LogP contribution is 2.40. The highest BCUT2D eigenvalue weighted by molar-refractivity contribution is 7.22. The number of anilines is 1. The van der Waals surface area contributed by atoms with E-state index < -0.39 is 0 Å². The number of likely N-dealkylation sites (N-methyl/N-ethyl adjacent to an activating group) is 1. The summed E-state index contributed by atoms with van der Waals surface area (Å²) in [6, 6.07) is 19.7. The van der Waals surface area contributed by atoms with Crippen LogP contribution in [0.15, 0.2) is 66.7 Å². The summed E-state index contributed by atoms with van der Waals surface area (Å²) in [5.74, 6) is 1.13. The average Bonchev–Trinajstić information content (AvgIpc) is 3.55. The van der Waals surface area contributed by atoms with E-state index in [-0.39, 0.29) is 30.9 Å². The van der Waals surface area contributed by atoms with E-state index in [0.717, 1.165) is 29.9 Å². The van der Waals surface area contributed by atoms with Gasteiger partial charge in [-0.05, 0) is 25.2 Å². The summed E-state index contributed by atoms with van der Waals surface area (Å²) in [5.41, 5.74) is 2.44. The van der Waals surface area contributed by atoms with Gasteiger partial charge in [0.25, 0.3) is 5.91 Å². The van der Waals surface area contributed by atoms with Crippen molar-refractivity contribution >= 4 is 38.4 Å². The molecule has 37 heavy (non-hydrogen) atoms. The Labute approximate surface area is 226 Å². The zero-order valence-electron chi connectivity index (χ0n) is 20.6. The molecule has 0 atom stereocenters. The Morgan fingerprint density at radius 2 is 1.49 bits per heavy atom. The van der Waals surface area contributed by atoms with E-state index in [1.54, 1.807) is 41.3 Å². The van der Waals surface area contributed by atoms with Crippen molar-refractivity contribution in [2.24, 2.45) is 0 Å². The van der Waals surface area contributed by atoms with Gasteiger partial charge in [0.2, 0.25) is 6.79 Å². The van der Waals surface area contributed by atoms with Gasteiger partial charge in [-0.2, -0.15) is 0 Å². The number of rotatable bonds is 9. The van der Waals surface area contributed by atoms with Gasteiger partial charge in [0.1, 0.15) is 0 Å². The Morgan fingerprint density at radius 1 is 0.865 bits per heavy atom. The lowest BCUT2D eigenvalue weighted by Gasteiger charge is -2.24. The molecule has 5 rings (SSSR count). The first-order valence-electron chi connectivity index (χ1n) is 12.0. The third-order valence-corrected chi connectivity index (χ3v) is 7.35. The Morgan fingerprint density at radius 3 is 2.16 bits per heavy atom. The predicted octanol–water partition coefficient (Wildman–Crippen LogP) is 2.25. The standard InChI is InChI=1S/C28H27N3O4S.ClH/c1-3-30(4-2)14-15-31(28-29-22-16-23-24(35-18-34-23)17-25(22)36-28)27(33)21-12-10-20(11-13-21)26(32)19-8-6-5-7-9-19;/h5-13,16-17H,3-4,14-15,18H2,1-2H3;1H/p-1. The lowest BCUT2D eigenvalue weighted by atomic mass is 10.0. The van der Waals surface area contributed by atoms with E-state index in [1.165, 1.54) is 11.3 Å². The molecule has 0 saturated heterocycles. The number of carbonyl (C=O) groups excluding carboxylic acids is 2. The van der Waals surface area contributed by atoms with Crippen molar-refractivity contribution < 1.29 is 31.5 Å². The fourth-order valence-corrected chi connectivity index (χ4v) is 5.16. The van der Waals surface area contributed by atoms with Crippen LogP contribution in [0.4, 0.5) is 5.13 Å². The van der Waals surface area contributed by atoms with E-state index in [1.807, 2.05) is 30.3 Å². The molecule has 7 nitrogen and oxygen atoms in total. The number of halogens is 1. The molecule has 9 heteroatoms. The second-order valence-corrected chi connectivity index (χ2v) is 9.43. The molecule has 0 N–H and O–H groups in total. The zero-order valence-corrected chi connectivity index (χ0v) is 22.2. The minimum atomic E-state index is -0.153.